The molecule has 2 saturated carbocycles. The zero-order valence-electron chi connectivity index (χ0n) is 21.5. The van der Waals surface area contributed by atoms with Gasteiger partial charge in [0.2, 0.25) is 0 Å². The Morgan fingerprint density at radius 2 is 1.03 bits per heavy atom. The quantitative estimate of drug-likeness (QED) is 0.428. The predicted molar refractivity (Wildman–Crippen MR) is 140 cm³/mol. The van der Waals surface area contributed by atoms with Crippen molar-refractivity contribution in [3.8, 4) is 0 Å². The molecule has 0 spiro atoms. The maximum Gasteiger partial charge on any atom is 0.00896 e. The number of hydrogen-bond acceptors (Lipinski definition) is 0. The van der Waals surface area contributed by atoms with E-state index < -0.39 is 0 Å². The highest BCUT2D eigenvalue weighted by atomic mass is 14.4. The minimum atomic E-state index is 0.364. The third-order valence-corrected chi connectivity index (χ3v) is 8.89. The van der Waals surface area contributed by atoms with Gasteiger partial charge in [-0.2, -0.15) is 0 Å². The second-order valence-corrected chi connectivity index (χ2v) is 11.8. The summed E-state index contributed by atoms with van der Waals surface area (Å²) in [5, 5.41) is 0. The van der Waals surface area contributed by atoms with Crippen LogP contribution in [0.15, 0.2) is 36.4 Å². The molecule has 2 aromatic carbocycles. The molecule has 0 amide bonds. The molecule has 0 unspecified atom stereocenters. The van der Waals surface area contributed by atoms with Crippen LogP contribution in [0, 0.1) is 13.8 Å². The average Bonchev–Trinajstić information content (AvgIpc) is 2.77. The standard InChI is InChI=1S/C32H46/c1-6-13-30(26-18-24(2)20-28(22-26)31(4)14-9-7-10-15-31)27-19-25(3)21-29(23-27)32(5)16-11-8-12-17-32/h18-23,30H,6-17H2,1-5H3. The zero-order chi connectivity index (χ0) is 22.8. The van der Waals surface area contributed by atoms with Crippen LogP contribution in [0.5, 0.6) is 0 Å². The van der Waals surface area contributed by atoms with Crippen LogP contribution in [0.1, 0.15) is 137 Å². The predicted octanol–water partition coefficient (Wildman–Crippen LogP) is 9.68. The lowest BCUT2D eigenvalue weighted by atomic mass is 9.69. The number of hydrogen-bond donors (Lipinski definition) is 0. The lowest BCUT2D eigenvalue weighted by Gasteiger charge is -2.36. The molecule has 2 aromatic rings. The van der Waals surface area contributed by atoms with Gasteiger partial charge in [-0.15, -0.1) is 0 Å². The van der Waals surface area contributed by atoms with Gasteiger partial charge in [0.25, 0.3) is 0 Å². The first-order chi connectivity index (χ1) is 15.3. The van der Waals surface area contributed by atoms with Crippen LogP contribution < -0.4 is 0 Å². The van der Waals surface area contributed by atoms with Gasteiger partial charge in [-0.05, 0) is 79.0 Å². The Hall–Kier alpha value is -1.56. The Morgan fingerprint density at radius 1 is 0.625 bits per heavy atom. The van der Waals surface area contributed by atoms with E-state index in [2.05, 4.69) is 71.0 Å². The first-order valence-electron chi connectivity index (χ1n) is 13.6. The molecule has 2 aliphatic rings. The highest BCUT2D eigenvalue weighted by Gasteiger charge is 2.31. The van der Waals surface area contributed by atoms with Crippen LogP contribution >= 0.6 is 0 Å². The first-order valence-corrected chi connectivity index (χ1v) is 13.6. The molecule has 2 fully saturated rings. The van der Waals surface area contributed by atoms with Crippen LogP contribution in [-0.4, -0.2) is 0 Å². The molecule has 32 heavy (non-hydrogen) atoms. The van der Waals surface area contributed by atoms with Crippen molar-refractivity contribution < 1.29 is 0 Å². The average molecular weight is 431 g/mol. The molecular weight excluding hydrogens is 384 g/mol. The van der Waals surface area contributed by atoms with Gasteiger partial charge in [0.15, 0.2) is 0 Å². The Bertz CT molecular complexity index is 832. The minimum absolute atomic E-state index is 0.364. The minimum Gasteiger partial charge on any atom is -0.0653 e. The lowest BCUT2D eigenvalue weighted by Crippen LogP contribution is -2.26. The summed E-state index contributed by atoms with van der Waals surface area (Å²) in [4.78, 5) is 0. The van der Waals surface area contributed by atoms with Gasteiger partial charge in [0, 0.05) is 5.92 Å². The maximum absolute atomic E-state index is 2.60. The molecule has 0 heteroatoms. The van der Waals surface area contributed by atoms with Gasteiger partial charge in [-0.3, -0.25) is 0 Å². The largest absolute Gasteiger partial charge is 0.0653 e. The summed E-state index contributed by atoms with van der Waals surface area (Å²) in [7, 11) is 0. The number of aryl methyl sites for hydroxylation is 2. The van der Waals surface area contributed by atoms with Crippen LogP contribution in [-0.2, 0) is 10.8 Å². The molecular formula is C32H46. The van der Waals surface area contributed by atoms with E-state index in [-0.39, 0.29) is 0 Å². The molecule has 0 radical (unpaired) electrons. The molecule has 0 aliphatic heterocycles. The molecule has 4 rings (SSSR count). The van der Waals surface area contributed by atoms with E-state index in [4.69, 9.17) is 0 Å². The maximum atomic E-state index is 2.60. The SMILES string of the molecule is CCCC(c1cc(C)cc(C2(C)CCCCC2)c1)c1cc(C)cc(C2(C)CCCCC2)c1. The molecule has 0 aromatic heterocycles. The van der Waals surface area contributed by atoms with E-state index in [1.54, 1.807) is 22.3 Å². The van der Waals surface area contributed by atoms with E-state index in [0.29, 0.717) is 16.7 Å². The van der Waals surface area contributed by atoms with Gasteiger partial charge in [-0.1, -0.05) is 113 Å². The summed E-state index contributed by atoms with van der Waals surface area (Å²) < 4.78 is 0. The van der Waals surface area contributed by atoms with Crippen molar-refractivity contribution in [3.63, 3.8) is 0 Å². The molecule has 0 nitrogen and oxygen atoms in total. The van der Waals surface area contributed by atoms with Crippen molar-refractivity contribution in [2.45, 2.75) is 128 Å². The fourth-order valence-electron chi connectivity index (χ4n) is 6.78. The van der Waals surface area contributed by atoms with Crippen LogP contribution in [0.3, 0.4) is 0 Å². The molecule has 0 bridgehead atoms. The van der Waals surface area contributed by atoms with E-state index in [1.165, 1.54) is 88.2 Å². The van der Waals surface area contributed by atoms with Crippen LogP contribution in [0.25, 0.3) is 0 Å². The van der Waals surface area contributed by atoms with E-state index >= 15 is 0 Å². The summed E-state index contributed by atoms with van der Waals surface area (Å²) in [5.41, 5.74) is 9.92. The monoisotopic (exact) mass is 430 g/mol. The van der Waals surface area contributed by atoms with Gasteiger partial charge in [-0.25, -0.2) is 0 Å². The van der Waals surface area contributed by atoms with Crippen molar-refractivity contribution in [2.24, 2.45) is 0 Å². The molecule has 0 atom stereocenters. The smallest absolute Gasteiger partial charge is 0.00896 e. The zero-order valence-corrected chi connectivity index (χ0v) is 21.5. The first kappa shape index (κ1) is 23.6. The third kappa shape index (κ3) is 5.00. The second kappa shape index (κ2) is 9.74. The fraction of sp³-hybridized carbons (Fsp3) is 0.625. The van der Waals surface area contributed by atoms with Gasteiger partial charge in [0.1, 0.15) is 0 Å². The molecule has 174 valence electrons. The van der Waals surface area contributed by atoms with Gasteiger partial charge < -0.3 is 0 Å². The fourth-order valence-corrected chi connectivity index (χ4v) is 6.78. The van der Waals surface area contributed by atoms with E-state index in [0.717, 1.165) is 0 Å². The summed E-state index contributed by atoms with van der Waals surface area (Å²) in [6, 6.07) is 15.2. The summed E-state index contributed by atoms with van der Waals surface area (Å²) >= 11 is 0. The number of benzene rings is 2. The van der Waals surface area contributed by atoms with Crippen LogP contribution in [0.4, 0.5) is 0 Å². The summed E-state index contributed by atoms with van der Waals surface area (Å²) in [5.74, 6) is 0.511. The van der Waals surface area contributed by atoms with Crippen molar-refractivity contribution in [3.05, 3.63) is 69.8 Å². The van der Waals surface area contributed by atoms with Gasteiger partial charge in [0.05, 0.1) is 0 Å². The van der Waals surface area contributed by atoms with Crippen molar-refractivity contribution >= 4 is 0 Å². The van der Waals surface area contributed by atoms with Gasteiger partial charge >= 0.3 is 0 Å². The third-order valence-electron chi connectivity index (χ3n) is 8.89. The van der Waals surface area contributed by atoms with E-state index in [1.807, 2.05) is 0 Å². The highest BCUT2D eigenvalue weighted by Crippen LogP contribution is 2.43. The Labute approximate surface area is 198 Å². The van der Waals surface area contributed by atoms with Crippen molar-refractivity contribution in [2.75, 3.05) is 0 Å². The second-order valence-electron chi connectivity index (χ2n) is 11.8. The van der Waals surface area contributed by atoms with E-state index in [9.17, 15) is 0 Å². The topological polar surface area (TPSA) is 0 Å². The highest BCUT2D eigenvalue weighted by molar-refractivity contribution is 5.44. The Morgan fingerprint density at radius 3 is 1.41 bits per heavy atom. The molecule has 2 aliphatic carbocycles. The Kier molecular flexibility index (Phi) is 7.18. The lowest BCUT2D eigenvalue weighted by molar-refractivity contribution is 0.319. The number of rotatable bonds is 6. The van der Waals surface area contributed by atoms with Crippen molar-refractivity contribution in [1.29, 1.82) is 0 Å². The normalized spacial score (nSPS) is 20.4. The summed E-state index contributed by atoms with van der Waals surface area (Å²) in [6.07, 6.45) is 16.2. The van der Waals surface area contributed by atoms with Crippen molar-refractivity contribution in [1.82, 2.24) is 0 Å². The van der Waals surface area contributed by atoms with Crippen LogP contribution in [0.2, 0.25) is 0 Å². The Balaban J connectivity index is 1.74. The molecule has 0 saturated heterocycles. The molecule has 0 heterocycles. The molecule has 0 N–H and O–H groups in total. The summed E-state index contributed by atoms with van der Waals surface area (Å²) in [6.45, 7) is 12.0.